The number of rotatable bonds is 7. The minimum atomic E-state index is -0.825. The largest absolute Gasteiger partial charge is 0.507 e. The molecule has 1 atom stereocenters. The molecule has 1 aromatic heterocycles. The van der Waals surface area contributed by atoms with E-state index in [1.807, 2.05) is 0 Å². The van der Waals surface area contributed by atoms with E-state index < -0.39 is 17.7 Å². The Kier molecular flexibility index (Phi) is 6.08. The maximum Gasteiger partial charge on any atom is 0.296 e. The maximum absolute atomic E-state index is 13.1. The van der Waals surface area contributed by atoms with Gasteiger partial charge in [-0.15, -0.1) is 0 Å². The van der Waals surface area contributed by atoms with Crippen molar-refractivity contribution in [2.24, 2.45) is 0 Å². The van der Waals surface area contributed by atoms with Crippen molar-refractivity contribution >= 4 is 17.4 Å². The highest BCUT2D eigenvalue weighted by Crippen LogP contribution is 2.41. The number of Topliss-reactive ketones (excluding diaryl/α,β-unsaturated/α-hetero) is 1. The van der Waals surface area contributed by atoms with Crippen LogP contribution in [-0.2, 0) is 16.1 Å². The van der Waals surface area contributed by atoms with Gasteiger partial charge in [0.25, 0.3) is 11.7 Å². The first-order valence-electron chi connectivity index (χ1n) is 10.2. The van der Waals surface area contributed by atoms with E-state index in [-0.39, 0.29) is 17.9 Å². The van der Waals surface area contributed by atoms with Crippen LogP contribution >= 0.6 is 0 Å². The number of likely N-dealkylation sites (tertiary alicyclic amines) is 1. The molecule has 8 nitrogen and oxygen atoms in total. The summed E-state index contributed by atoms with van der Waals surface area (Å²) in [6.45, 7) is 0.0665. The van der Waals surface area contributed by atoms with Crippen LogP contribution in [-0.4, -0.2) is 43.0 Å². The van der Waals surface area contributed by atoms with Gasteiger partial charge in [0.05, 0.1) is 45.8 Å². The van der Waals surface area contributed by atoms with Crippen molar-refractivity contribution in [1.82, 2.24) is 4.90 Å². The van der Waals surface area contributed by atoms with Crippen molar-refractivity contribution in [3.8, 4) is 17.2 Å². The number of benzene rings is 2. The van der Waals surface area contributed by atoms with Crippen LogP contribution in [0.25, 0.3) is 5.76 Å². The number of carbonyl (C=O) groups is 2. The third kappa shape index (κ3) is 4.03. The summed E-state index contributed by atoms with van der Waals surface area (Å²) in [4.78, 5) is 27.5. The average molecular weight is 449 g/mol. The summed E-state index contributed by atoms with van der Waals surface area (Å²) >= 11 is 0. The van der Waals surface area contributed by atoms with Crippen molar-refractivity contribution in [2.45, 2.75) is 12.6 Å². The molecule has 1 amide bonds. The Bertz CT molecular complexity index is 1200. The SMILES string of the molecule is COc1ccc(C2/C(=C(/O)c3ccc(OC)c(OC)c3)C(=O)C(=O)N2Cc2ccco2)cc1. The van der Waals surface area contributed by atoms with Crippen LogP contribution < -0.4 is 14.2 Å². The second-order valence-corrected chi connectivity index (χ2v) is 7.35. The Morgan fingerprint density at radius 1 is 0.970 bits per heavy atom. The zero-order chi connectivity index (χ0) is 23.5. The number of furan rings is 1. The molecule has 0 radical (unpaired) electrons. The van der Waals surface area contributed by atoms with Gasteiger partial charge in [-0.25, -0.2) is 0 Å². The summed E-state index contributed by atoms with van der Waals surface area (Å²) in [7, 11) is 4.53. The molecule has 8 heteroatoms. The number of carbonyl (C=O) groups excluding carboxylic acids is 2. The Morgan fingerprint density at radius 3 is 2.30 bits per heavy atom. The van der Waals surface area contributed by atoms with E-state index >= 15 is 0 Å². The third-order valence-corrected chi connectivity index (χ3v) is 5.53. The highest BCUT2D eigenvalue weighted by molar-refractivity contribution is 6.46. The van der Waals surface area contributed by atoms with E-state index in [0.717, 1.165) is 0 Å². The first-order valence-corrected chi connectivity index (χ1v) is 10.2. The van der Waals surface area contributed by atoms with E-state index in [9.17, 15) is 14.7 Å². The summed E-state index contributed by atoms with van der Waals surface area (Å²) in [5.74, 6) is 0.176. The highest BCUT2D eigenvalue weighted by atomic mass is 16.5. The van der Waals surface area contributed by atoms with Crippen molar-refractivity contribution < 1.29 is 33.3 Å². The van der Waals surface area contributed by atoms with Crippen LogP contribution in [0.3, 0.4) is 0 Å². The van der Waals surface area contributed by atoms with Gasteiger partial charge in [-0.1, -0.05) is 12.1 Å². The van der Waals surface area contributed by atoms with Crippen LogP contribution in [0.5, 0.6) is 17.2 Å². The predicted octanol–water partition coefficient (Wildman–Crippen LogP) is 3.93. The summed E-state index contributed by atoms with van der Waals surface area (Å²) < 4.78 is 21.2. The van der Waals surface area contributed by atoms with Gasteiger partial charge in [-0.05, 0) is 48.0 Å². The van der Waals surface area contributed by atoms with Crippen molar-refractivity contribution in [2.75, 3.05) is 21.3 Å². The van der Waals surface area contributed by atoms with Gasteiger partial charge in [0.15, 0.2) is 11.5 Å². The molecular formula is C25H23NO7. The Hall–Kier alpha value is -4.20. The predicted molar refractivity (Wildman–Crippen MR) is 119 cm³/mol. The molecule has 1 saturated heterocycles. The number of aliphatic hydroxyl groups excluding tert-OH is 1. The Morgan fingerprint density at radius 2 is 1.70 bits per heavy atom. The molecule has 0 spiro atoms. The van der Waals surface area contributed by atoms with Crippen LogP contribution in [0, 0.1) is 0 Å². The second kappa shape index (κ2) is 9.12. The molecular weight excluding hydrogens is 426 g/mol. The number of ether oxygens (including phenoxy) is 3. The van der Waals surface area contributed by atoms with Gasteiger partial charge >= 0.3 is 0 Å². The van der Waals surface area contributed by atoms with Crippen molar-refractivity contribution in [3.05, 3.63) is 83.3 Å². The topological polar surface area (TPSA) is 98.4 Å². The molecule has 1 aliphatic rings. The quantitative estimate of drug-likeness (QED) is 0.332. The van der Waals surface area contributed by atoms with Gasteiger partial charge in [0.1, 0.15) is 17.3 Å². The first kappa shape index (κ1) is 22.0. The molecule has 1 unspecified atom stereocenters. The molecule has 0 saturated carbocycles. The van der Waals surface area contributed by atoms with Crippen molar-refractivity contribution in [3.63, 3.8) is 0 Å². The number of hydrogen-bond donors (Lipinski definition) is 1. The van der Waals surface area contributed by atoms with Gasteiger partial charge in [0, 0.05) is 5.56 Å². The lowest BCUT2D eigenvalue weighted by atomic mass is 9.95. The molecule has 170 valence electrons. The lowest BCUT2D eigenvalue weighted by Crippen LogP contribution is -2.29. The molecule has 1 N–H and O–H groups in total. The minimum absolute atomic E-state index is 0.0241. The monoisotopic (exact) mass is 449 g/mol. The smallest absolute Gasteiger partial charge is 0.296 e. The first-order chi connectivity index (χ1) is 16.0. The van der Waals surface area contributed by atoms with Gasteiger partial charge < -0.3 is 28.6 Å². The number of amides is 1. The summed E-state index contributed by atoms with van der Waals surface area (Å²) in [6.07, 6.45) is 1.50. The molecule has 33 heavy (non-hydrogen) atoms. The zero-order valence-corrected chi connectivity index (χ0v) is 18.4. The molecule has 3 aromatic rings. The molecule has 1 fully saturated rings. The lowest BCUT2D eigenvalue weighted by molar-refractivity contribution is -0.140. The molecule has 2 heterocycles. The van der Waals surface area contributed by atoms with Crippen LogP contribution in [0.15, 0.2) is 70.9 Å². The fourth-order valence-electron chi connectivity index (χ4n) is 3.89. The minimum Gasteiger partial charge on any atom is -0.507 e. The number of methoxy groups -OCH3 is 3. The number of aliphatic hydroxyl groups is 1. The zero-order valence-electron chi connectivity index (χ0n) is 18.4. The number of nitrogens with zero attached hydrogens (tertiary/aromatic N) is 1. The molecule has 2 aromatic carbocycles. The summed E-state index contributed by atoms with van der Waals surface area (Å²) in [5.41, 5.74) is 0.940. The Balaban J connectivity index is 1.86. The standard InChI is InChI=1S/C25H23NO7/c1-30-17-9-6-15(7-10-17)22-21(23(27)16-8-11-19(31-2)20(13-16)32-3)24(28)25(29)26(22)14-18-5-4-12-33-18/h4-13,22,27H,14H2,1-3H3/b23-21-. The molecule has 4 rings (SSSR count). The van der Waals surface area contributed by atoms with E-state index in [1.165, 1.54) is 25.4 Å². The number of ketones is 1. The summed E-state index contributed by atoms with van der Waals surface area (Å²) in [5, 5.41) is 11.2. The van der Waals surface area contributed by atoms with E-state index in [4.69, 9.17) is 18.6 Å². The Labute approximate surface area is 190 Å². The second-order valence-electron chi connectivity index (χ2n) is 7.35. The van der Waals surface area contributed by atoms with Gasteiger partial charge in [-0.2, -0.15) is 0 Å². The molecule has 0 bridgehead atoms. The van der Waals surface area contributed by atoms with E-state index in [1.54, 1.807) is 61.7 Å². The van der Waals surface area contributed by atoms with Crippen LogP contribution in [0.2, 0.25) is 0 Å². The maximum atomic E-state index is 13.1. The average Bonchev–Trinajstić information content (AvgIpc) is 3.45. The van der Waals surface area contributed by atoms with E-state index in [0.29, 0.717) is 34.1 Å². The van der Waals surface area contributed by atoms with Crippen LogP contribution in [0.1, 0.15) is 22.9 Å². The normalized spacial score (nSPS) is 17.3. The molecule has 1 aliphatic heterocycles. The highest BCUT2D eigenvalue weighted by Gasteiger charge is 2.46. The fourth-order valence-corrected chi connectivity index (χ4v) is 3.89. The summed E-state index contributed by atoms with van der Waals surface area (Å²) in [6, 6.07) is 14.4. The van der Waals surface area contributed by atoms with E-state index in [2.05, 4.69) is 0 Å². The third-order valence-electron chi connectivity index (χ3n) is 5.53. The lowest BCUT2D eigenvalue weighted by Gasteiger charge is -2.24. The number of hydrogen-bond acceptors (Lipinski definition) is 7. The van der Waals surface area contributed by atoms with Gasteiger partial charge in [-0.3, -0.25) is 9.59 Å². The molecule has 0 aliphatic carbocycles. The van der Waals surface area contributed by atoms with Crippen LogP contribution in [0.4, 0.5) is 0 Å². The fraction of sp³-hybridized carbons (Fsp3) is 0.200. The van der Waals surface area contributed by atoms with Gasteiger partial charge in [0.2, 0.25) is 0 Å². The van der Waals surface area contributed by atoms with Crippen molar-refractivity contribution in [1.29, 1.82) is 0 Å².